The summed E-state index contributed by atoms with van der Waals surface area (Å²) in [4.78, 5) is 2.34. The maximum atomic E-state index is 2.41. The van der Waals surface area contributed by atoms with E-state index in [1.54, 1.807) is 0 Å². The van der Waals surface area contributed by atoms with Crippen molar-refractivity contribution in [2.45, 2.75) is 218 Å². The van der Waals surface area contributed by atoms with Crippen LogP contribution in [0.15, 0.2) is 24.3 Å². The van der Waals surface area contributed by atoms with Gasteiger partial charge < -0.3 is 4.90 Å². The summed E-state index contributed by atoms with van der Waals surface area (Å²) in [5.41, 5.74) is 0. The van der Waals surface area contributed by atoms with Gasteiger partial charge in [0.05, 0.1) is 0 Å². The van der Waals surface area contributed by atoms with Gasteiger partial charge in [-0.15, -0.1) is 0 Å². The van der Waals surface area contributed by atoms with Crippen LogP contribution in [0.5, 0.6) is 0 Å². The second-order valence-corrected chi connectivity index (χ2v) is 15.5. The van der Waals surface area contributed by atoms with Gasteiger partial charge in [0.15, 0.2) is 0 Å². The Kier molecular flexibility index (Phi) is 38.8. The number of allylic oxidation sites excluding steroid dienone is 4. The summed E-state index contributed by atoms with van der Waals surface area (Å²) in [5, 5.41) is 0.912. The molecule has 0 aromatic carbocycles. The summed E-state index contributed by atoms with van der Waals surface area (Å²) in [6, 6.07) is 0. The smallest absolute Gasteiger partial charge is 0.00470 e. The molecule has 44 heavy (non-hydrogen) atoms. The Morgan fingerprint density at radius 1 is 0.432 bits per heavy atom. The first-order valence-corrected chi connectivity index (χ1v) is 21.3. The molecule has 0 rings (SSSR count). The van der Waals surface area contributed by atoms with E-state index in [0.717, 1.165) is 11.7 Å². The summed E-state index contributed by atoms with van der Waals surface area (Å²) in [7, 11) is 4.42. The van der Waals surface area contributed by atoms with Crippen LogP contribution in [-0.4, -0.2) is 36.5 Å². The van der Waals surface area contributed by atoms with Crippen LogP contribution in [-0.2, 0) is 0 Å². The van der Waals surface area contributed by atoms with Crippen molar-refractivity contribution in [1.82, 2.24) is 4.90 Å². The van der Waals surface area contributed by atoms with Gasteiger partial charge in [-0.3, -0.25) is 0 Å². The Morgan fingerprint density at radius 2 is 0.795 bits per heavy atom. The quantitative estimate of drug-likeness (QED) is 0.0494. The fraction of sp³-hybridized carbons (Fsp3) is 0.905. The van der Waals surface area contributed by atoms with Crippen molar-refractivity contribution in [2.75, 3.05) is 26.4 Å². The first kappa shape index (κ1) is 43.8. The summed E-state index contributed by atoms with van der Waals surface area (Å²) in [6.45, 7) is 5.83. The van der Waals surface area contributed by atoms with E-state index in [1.807, 2.05) is 0 Å². The van der Waals surface area contributed by atoms with Gasteiger partial charge in [0, 0.05) is 5.25 Å². The summed E-state index contributed by atoms with van der Waals surface area (Å²) in [6.07, 6.45) is 53.5. The summed E-state index contributed by atoms with van der Waals surface area (Å²) < 4.78 is 0. The molecule has 0 N–H and O–H groups in total. The zero-order chi connectivity index (χ0) is 32.0. The van der Waals surface area contributed by atoms with E-state index < -0.39 is 0 Å². The lowest BCUT2D eigenvalue weighted by atomic mass is 10.0. The minimum absolute atomic E-state index is 0.912. The van der Waals surface area contributed by atoms with E-state index in [1.165, 1.54) is 205 Å². The molecule has 0 aromatic rings. The number of rotatable bonds is 37. The van der Waals surface area contributed by atoms with Crippen LogP contribution in [0.3, 0.4) is 0 Å². The molecule has 0 aromatic heterocycles. The maximum absolute atomic E-state index is 2.41. The Hall–Kier alpha value is -0.210. The number of hydrogen-bond donors (Lipinski definition) is 0. The van der Waals surface area contributed by atoms with Gasteiger partial charge in [0.25, 0.3) is 0 Å². The van der Waals surface area contributed by atoms with E-state index >= 15 is 0 Å². The molecular formula is C42H83NS. The highest BCUT2D eigenvalue weighted by atomic mass is 32.2. The molecule has 1 unspecified atom stereocenters. The molecule has 0 fully saturated rings. The largest absolute Gasteiger partial charge is 0.309 e. The molecular weight excluding hydrogens is 551 g/mol. The van der Waals surface area contributed by atoms with Crippen molar-refractivity contribution in [2.24, 2.45) is 0 Å². The van der Waals surface area contributed by atoms with Gasteiger partial charge in [0.2, 0.25) is 0 Å². The Bertz CT molecular complexity index is 568. The lowest BCUT2D eigenvalue weighted by Crippen LogP contribution is -2.14. The fourth-order valence-corrected chi connectivity index (χ4v) is 7.52. The van der Waals surface area contributed by atoms with Crippen molar-refractivity contribution in [3.8, 4) is 0 Å². The van der Waals surface area contributed by atoms with Gasteiger partial charge in [-0.1, -0.05) is 186 Å². The van der Waals surface area contributed by atoms with Gasteiger partial charge >= 0.3 is 0 Å². The third kappa shape index (κ3) is 38.0. The average molecular weight is 634 g/mol. The second-order valence-electron chi connectivity index (χ2n) is 14.1. The summed E-state index contributed by atoms with van der Waals surface area (Å²) in [5.74, 6) is 1.35. The predicted molar refractivity (Wildman–Crippen MR) is 208 cm³/mol. The lowest BCUT2D eigenvalue weighted by molar-refractivity contribution is 0.410. The molecule has 0 amide bonds. The van der Waals surface area contributed by atoms with E-state index in [4.69, 9.17) is 0 Å². The van der Waals surface area contributed by atoms with Crippen molar-refractivity contribution < 1.29 is 0 Å². The molecule has 0 aliphatic rings. The molecule has 1 nitrogen and oxygen atoms in total. The average Bonchev–Trinajstić information content (AvgIpc) is 3.02. The zero-order valence-corrected chi connectivity index (χ0v) is 31.9. The van der Waals surface area contributed by atoms with Crippen molar-refractivity contribution in [3.05, 3.63) is 24.3 Å². The monoisotopic (exact) mass is 634 g/mol. The highest BCUT2D eigenvalue weighted by molar-refractivity contribution is 7.99. The number of thioether (sulfide) groups is 1. The summed E-state index contributed by atoms with van der Waals surface area (Å²) >= 11 is 2.30. The van der Waals surface area contributed by atoms with E-state index in [0.29, 0.717) is 0 Å². The van der Waals surface area contributed by atoms with Crippen LogP contribution in [0.1, 0.15) is 213 Å². The van der Waals surface area contributed by atoms with Crippen LogP contribution in [0.2, 0.25) is 0 Å². The van der Waals surface area contributed by atoms with Crippen molar-refractivity contribution in [1.29, 1.82) is 0 Å². The fourth-order valence-electron chi connectivity index (χ4n) is 6.22. The number of hydrogen-bond acceptors (Lipinski definition) is 2. The Morgan fingerprint density at radius 3 is 1.23 bits per heavy atom. The van der Waals surface area contributed by atoms with Gasteiger partial charge in [0.1, 0.15) is 0 Å². The minimum Gasteiger partial charge on any atom is -0.309 e. The molecule has 0 aliphatic carbocycles. The predicted octanol–water partition coefficient (Wildman–Crippen LogP) is 14.9. The topological polar surface area (TPSA) is 3.24 Å². The van der Waals surface area contributed by atoms with E-state index in [2.05, 4.69) is 68.9 Å². The first-order chi connectivity index (χ1) is 21.7. The highest BCUT2D eigenvalue weighted by Gasteiger charge is 2.09. The molecule has 0 aliphatic heterocycles. The van der Waals surface area contributed by atoms with Crippen LogP contribution < -0.4 is 0 Å². The van der Waals surface area contributed by atoms with Gasteiger partial charge in [-0.25, -0.2) is 0 Å². The first-order valence-electron chi connectivity index (χ1n) is 20.3. The van der Waals surface area contributed by atoms with Gasteiger partial charge in [-0.2, -0.15) is 11.8 Å². The minimum atomic E-state index is 0.912. The zero-order valence-electron chi connectivity index (χ0n) is 31.1. The van der Waals surface area contributed by atoms with Crippen molar-refractivity contribution in [3.63, 3.8) is 0 Å². The van der Waals surface area contributed by atoms with Crippen LogP contribution in [0, 0.1) is 0 Å². The molecule has 0 spiro atoms. The third-order valence-electron chi connectivity index (χ3n) is 9.21. The van der Waals surface area contributed by atoms with E-state index in [9.17, 15) is 0 Å². The molecule has 2 heteroatoms. The number of nitrogens with zero attached hydrogens (tertiary/aromatic N) is 1. The van der Waals surface area contributed by atoms with Crippen LogP contribution in [0.25, 0.3) is 0 Å². The highest BCUT2D eigenvalue weighted by Crippen LogP contribution is 2.25. The molecule has 0 heterocycles. The molecule has 0 saturated carbocycles. The maximum Gasteiger partial charge on any atom is 0.00470 e. The van der Waals surface area contributed by atoms with E-state index in [-0.39, 0.29) is 0 Å². The second kappa shape index (κ2) is 39.0. The Balaban J connectivity index is 3.75. The number of unbranched alkanes of at least 4 members (excludes halogenated alkanes) is 24. The molecule has 0 saturated heterocycles. The lowest BCUT2D eigenvalue weighted by Gasteiger charge is -2.17. The normalized spacial score (nSPS) is 12.8. The van der Waals surface area contributed by atoms with Crippen molar-refractivity contribution >= 4 is 11.8 Å². The molecule has 0 bridgehead atoms. The SMILES string of the molecule is CCCCC/C=C\C/C=C\CCCCCCCCC(CCCCCCCCCCCCCCCCCC)SCCCN(C)C. The Labute approximate surface area is 284 Å². The van der Waals surface area contributed by atoms with Gasteiger partial charge in [-0.05, 0) is 77.8 Å². The molecule has 1 atom stereocenters. The van der Waals surface area contributed by atoms with Crippen LogP contribution in [0.4, 0.5) is 0 Å². The molecule has 0 radical (unpaired) electrons. The standard InChI is InChI=1S/C42H83NS/c1-5-7-9-11-13-15-17-19-21-23-25-27-29-31-33-35-38-42(44-41-37-40-43(3)4)39-36-34-32-30-28-26-24-22-20-18-16-14-12-10-8-6-2/h13,15,19,21,42H,5-12,14,16-18,20,22-41H2,1-4H3/b15-13-,21-19-. The third-order valence-corrected chi connectivity index (χ3v) is 10.7. The van der Waals surface area contributed by atoms with Crippen LogP contribution >= 0.6 is 11.8 Å². The molecule has 262 valence electrons.